The van der Waals surface area contributed by atoms with Gasteiger partial charge in [0.1, 0.15) is 0 Å². The van der Waals surface area contributed by atoms with Gasteiger partial charge in [-0.3, -0.25) is 0 Å². The van der Waals surface area contributed by atoms with Gasteiger partial charge < -0.3 is 0 Å². The first-order valence-corrected chi connectivity index (χ1v) is 6.78. The molecule has 0 aromatic heterocycles. The number of unbranched alkanes of at least 4 members (excludes halogenated alkanes) is 3. The molecule has 0 bridgehead atoms. The van der Waals surface area contributed by atoms with Crippen LogP contribution in [0.3, 0.4) is 0 Å². The Morgan fingerprint density at radius 2 is 1.62 bits per heavy atom. The zero-order chi connectivity index (χ0) is 11.9. The Morgan fingerprint density at radius 3 is 2.19 bits per heavy atom. The smallest absolute Gasteiger partial charge is 0.00779 e. The highest BCUT2D eigenvalue weighted by Gasteiger charge is 2.23. The summed E-state index contributed by atoms with van der Waals surface area (Å²) in [7, 11) is 0. The molecular weight excluding hydrogens is 192 g/mol. The molecule has 90 valence electrons. The summed E-state index contributed by atoms with van der Waals surface area (Å²) in [6, 6.07) is 11.0. The average Bonchev–Trinajstić information content (AvgIpc) is 2.35. The van der Waals surface area contributed by atoms with Gasteiger partial charge in [0.25, 0.3) is 0 Å². The van der Waals surface area contributed by atoms with E-state index >= 15 is 0 Å². The fraction of sp³-hybridized carbons (Fsp3) is 0.625. The SMILES string of the molecule is CCCCCCC(C)(CC)c1ccccc1. The van der Waals surface area contributed by atoms with Gasteiger partial charge >= 0.3 is 0 Å². The Hall–Kier alpha value is -0.780. The summed E-state index contributed by atoms with van der Waals surface area (Å²) in [5.74, 6) is 0. The zero-order valence-corrected chi connectivity index (χ0v) is 11.1. The molecule has 0 nitrogen and oxygen atoms in total. The van der Waals surface area contributed by atoms with Crippen molar-refractivity contribution >= 4 is 0 Å². The lowest BCUT2D eigenvalue weighted by molar-refractivity contribution is 0.396. The molecule has 0 radical (unpaired) electrons. The monoisotopic (exact) mass is 218 g/mol. The first-order chi connectivity index (χ1) is 7.73. The van der Waals surface area contributed by atoms with Crippen LogP contribution < -0.4 is 0 Å². The molecule has 0 heterocycles. The molecule has 0 aliphatic rings. The molecule has 0 amide bonds. The Bertz CT molecular complexity index is 275. The van der Waals surface area contributed by atoms with Crippen LogP contribution in [-0.4, -0.2) is 0 Å². The van der Waals surface area contributed by atoms with E-state index in [1.165, 1.54) is 44.1 Å². The molecule has 1 aromatic rings. The van der Waals surface area contributed by atoms with Crippen LogP contribution in [0.2, 0.25) is 0 Å². The van der Waals surface area contributed by atoms with Crippen molar-refractivity contribution in [3.8, 4) is 0 Å². The van der Waals surface area contributed by atoms with Gasteiger partial charge in [0.15, 0.2) is 0 Å². The number of rotatable bonds is 7. The van der Waals surface area contributed by atoms with Gasteiger partial charge in [-0.25, -0.2) is 0 Å². The molecule has 1 aromatic carbocycles. The maximum absolute atomic E-state index is 2.41. The highest BCUT2D eigenvalue weighted by Crippen LogP contribution is 2.32. The summed E-state index contributed by atoms with van der Waals surface area (Å²) in [5.41, 5.74) is 1.89. The Balaban J connectivity index is 2.56. The van der Waals surface area contributed by atoms with E-state index in [0.29, 0.717) is 5.41 Å². The van der Waals surface area contributed by atoms with Crippen LogP contribution in [-0.2, 0) is 5.41 Å². The van der Waals surface area contributed by atoms with Gasteiger partial charge in [-0.2, -0.15) is 0 Å². The van der Waals surface area contributed by atoms with Gasteiger partial charge in [0.05, 0.1) is 0 Å². The van der Waals surface area contributed by atoms with Crippen molar-refractivity contribution in [2.45, 2.75) is 64.7 Å². The van der Waals surface area contributed by atoms with Crippen LogP contribution in [0.4, 0.5) is 0 Å². The molecule has 0 saturated heterocycles. The second-order valence-electron chi connectivity index (χ2n) is 5.09. The van der Waals surface area contributed by atoms with Crippen molar-refractivity contribution < 1.29 is 0 Å². The predicted molar refractivity (Wildman–Crippen MR) is 72.8 cm³/mol. The van der Waals surface area contributed by atoms with Crippen LogP contribution in [0, 0.1) is 0 Å². The minimum Gasteiger partial charge on any atom is -0.0654 e. The summed E-state index contributed by atoms with van der Waals surface area (Å²) in [6.07, 6.45) is 8.03. The van der Waals surface area contributed by atoms with Crippen molar-refractivity contribution in [3.05, 3.63) is 35.9 Å². The van der Waals surface area contributed by atoms with E-state index in [9.17, 15) is 0 Å². The van der Waals surface area contributed by atoms with Gasteiger partial charge in [-0.1, -0.05) is 76.8 Å². The molecule has 0 N–H and O–H groups in total. The molecule has 16 heavy (non-hydrogen) atoms. The predicted octanol–water partition coefficient (Wildman–Crippen LogP) is 5.32. The second-order valence-corrected chi connectivity index (χ2v) is 5.09. The van der Waals surface area contributed by atoms with Crippen LogP contribution in [0.1, 0.15) is 64.9 Å². The van der Waals surface area contributed by atoms with Crippen LogP contribution in [0.5, 0.6) is 0 Å². The highest BCUT2D eigenvalue weighted by molar-refractivity contribution is 5.24. The molecule has 0 fully saturated rings. The van der Waals surface area contributed by atoms with Crippen LogP contribution >= 0.6 is 0 Å². The first-order valence-electron chi connectivity index (χ1n) is 6.78. The van der Waals surface area contributed by atoms with Gasteiger partial charge in [0.2, 0.25) is 0 Å². The van der Waals surface area contributed by atoms with Crippen LogP contribution in [0.25, 0.3) is 0 Å². The summed E-state index contributed by atoms with van der Waals surface area (Å²) >= 11 is 0. The third-order valence-corrected chi connectivity index (χ3v) is 3.83. The first kappa shape index (κ1) is 13.3. The summed E-state index contributed by atoms with van der Waals surface area (Å²) < 4.78 is 0. The Morgan fingerprint density at radius 1 is 0.938 bits per heavy atom. The maximum atomic E-state index is 2.41. The quantitative estimate of drug-likeness (QED) is 0.543. The molecule has 0 aliphatic carbocycles. The summed E-state index contributed by atoms with van der Waals surface area (Å²) in [4.78, 5) is 0. The lowest BCUT2D eigenvalue weighted by Gasteiger charge is -2.29. The molecule has 1 rings (SSSR count). The molecule has 0 aliphatic heterocycles. The molecule has 1 unspecified atom stereocenters. The van der Waals surface area contributed by atoms with Crippen molar-refractivity contribution in [2.75, 3.05) is 0 Å². The average molecular weight is 218 g/mol. The van der Waals surface area contributed by atoms with Crippen molar-refractivity contribution in [1.29, 1.82) is 0 Å². The lowest BCUT2D eigenvalue weighted by Crippen LogP contribution is -2.20. The standard InChI is InChI=1S/C16H26/c1-4-6-7-11-14-16(3,5-2)15-12-9-8-10-13-15/h8-10,12-13H,4-7,11,14H2,1-3H3. The number of hydrogen-bond acceptors (Lipinski definition) is 0. The minimum atomic E-state index is 0.384. The molecule has 1 atom stereocenters. The van der Waals surface area contributed by atoms with E-state index in [0.717, 1.165) is 0 Å². The highest BCUT2D eigenvalue weighted by atomic mass is 14.3. The molecule has 0 saturated carbocycles. The number of benzene rings is 1. The zero-order valence-electron chi connectivity index (χ0n) is 11.1. The van der Waals surface area contributed by atoms with Gasteiger partial charge in [-0.15, -0.1) is 0 Å². The van der Waals surface area contributed by atoms with Crippen LogP contribution in [0.15, 0.2) is 30.3 Å². The Labute approximate surface area is 101 Å². The number of hydrogen-bond donors (Lipinski definition) is 0. The van der Waals surface area contributed by atoms with E-state index in [1.54, 1.807) is 0 Å². The van der Waals surface area contributed by atoms with Crippen molar-refractivity contribution in [2.24, 2.45) is 0 Å². The minimum absolute atomic E-state index is 0.384. The fourth-order valence-corrected chi connectivity index (χ4v) is 2.31. The van der Waals surface area contributed by atoms with Crippen molar-refractivity contribution in [1.82, 2.24) is 0 Å². The summed E-state index contributed by atoms with van der Waals surface area (Å²) in [6.45, 7) is 7.00. The second kappa shape index (κ2) is 6.73. The van der Waals surface area contributed by atoms with Gasteiger partial charge in [0, 0.05) is 0 Å². The Kier molecular flexibility index (Phi) is 5.59. The van der Waals surface area contributed by atoms with Crippen molar-refractivity contribution in [3.63, 3.8) is 0 Å². The molecule has 0 spiro atoms. The van der Waals surface area contributed by atoms with E-state index in [1.807, 2.05) is 0 Å². The third-order valence-electron chi connectivity index (χ3n) is 3.83. The lowest BCUT2D eigenvalue weighted by atomic mass is 9.76. The van der Waals surface area contributed by atoms with E-state index in [-0.39, 0.29) is 0 Å². The third kappa shape index (κ3) is 3.66. The van der Waals surface area contributed by atoms with Gasteiger partial charge in [-0.05, 0) is 23.8 Å². The van der Waals surface area contributed by atoms with E-state index in [2.05, 4.69) is 51.1 Å². The largest absolute Gasteiger partial charge is 0.0654 e. The van der Waals surface area contributed by atoms with E-state index in [4.69, 9.17) is 0 Å². The molecule has 0 heteroatoms. The maximum Gasteiger partial charge on any atom is -0.00779 e. The fourth-order valence-electron chi connectivity index (χ4n) is 2.31. The van der Waals surface area contributed by atoms with E-state index < -0.39 is 0 Å². The topological polar surface area (TPSA) is 0 Å². The normalized spacial score (nSPS) is 14.7. The summed E-state index contributed by atoms with van der Waals surface area (Å²) in [5, 5.41) is 0. The molecular formula is C16H26.